The Morgan fingerprint density at radius 1 is 0.926 bits per heavy atom. The maximum atomic E-state index is 13.2. The van der Waals surface area contributed by atoms with E-state index in [1.54, 1.807) is 24.3 Å². The van der Waals surface area contributed by atoms with Crippen molar-refractivity contribution in [2.24, 2.45) is 5.73 Å². The SMILES string of the molecule is NC(=O)c1ccc(NC(=O)C2(c3ccc4c(c3)OCCO4)CCCC2)cc1. The number of rotatable bonds is 4. The van der Waals surface area contributed by atoms with E-state index in [1.807, 2.05) is 18.2 Å². The highest BCUT2D eigenvalue weighted by atomic mass is 16.6. The lowest BCUT2D eigenvalue weighted by molar-refractivity contribution is -0.121. The van der Waals surface area contributed by atoms with Gasteiger partial charge in [0.05, 0.1) is 5.41 Å². The maximum Gasteiger partial charge on any atom is 0.248 e. The Morgan fingerprint density at radius 2 is 1.59 bits per heavy atom. The minimum Gasteiger partial charge on any atom is -0.486 e. The Hall–Kier alpha value is -3.02. The van der Waals surface area contributed by atoms with Crippen LogP contribution in [0, 0.1) is 0 Å². The molecule has 0 saturated heterocycles. The second-order valence-electron chi connectivity index (χ2n) is 7.04. The minimum absolute atomic E-state index is 0.0384. The summed E-state index contributed by atoms with van der Waals surface area (Å²) in [5.74, 6) is 0.893. The summed E-state index contributed by atoms with van der Waals surface area (Å²) >= 11 is 0. The van der Waals surface area contributed by atoms with Crippen molar-refractivity contribution in [3.63, 3.8) is 0 Å². The number of nitrogens with one attached hydrogen (secondary N) is 1. The van der Waals surface area contributed by atoms with Crippen molar-refractivity contribution in [3.8, 4) is 11.5 Å². The van der Waals surface area contributed by atoms with Crippen LogP contribution in [0.1, 0.15) is 41.6 Å². The standard InChI is InChI=1S/C21H22N2O4/c22-19(24)14-3-6-16(7-4-14)23-20(25)21(9-1-2-10-21)15-5-8-17-18(13-15)27-12-11-26-17/h3-8,13H,1-2,9-12H2,(H2,22,24)(H,23,25). The van der Waals surface area contributed by atoms with E-state index in [0.717, 1.165) is 37.0 Å². The molecule has 0 spiro atoms. The summed E-state index contributed by atoms with van der Waals surface area (Å²) in [6.45, 7) is 1.06. The zero-order chi connectivity index (χ0) is 18.9. The fourth-order valence-corrected chi connectivity index (χ4v) is 3.93. The number of carbonyl (C=O) groups is 2. The molecule has 2 aliphatic rings. The molecule has 27 heavy (non-hydrogen) atoms. The molecule has 1 aliphatic carbocycles. The van der Waals surface area contributed by atoms with Gasteiger partial charge in [-0.1, -0.05) is 18.9 Å². The van der Waals surface area contributed by atoms with Gasteiger partial charge in [-0.15, -0.1) is 0 Å². The fraction of sp³-hybridized carbons (Fsp3) is 0.333. The third-order valence-corrected chi connectivity index (χ3v) is 5.41. The molecular formula is C21H22N2O4. The largest absolute Gasteiger partial charge is 0.486 e. The smallest absolute Gasteiger partial charge is 0.248 e. The third-order valence-electron chi connectivity index (χ3n) is 5.41. The van der Waals surface area contributed by atoms with Gasteiger partial charge in [0.1, 0.15) is 13.2 Å². The zero-order valence-corrected chi connectivity index (χ0v) is 15.0. The van der Waals surface area contributed by atoms with E-state index in [9.17, 15) is 9.59 Å². The molecule has 2 aromatic carbocycles. The predicted molar refractivity (Wildman–Crippen MR) is 101 cm³/mol. The van der Waals surface area contributed by atoms with E-state index in [1.165, 1.54) is 0 Å². The number of amides is 2. The monoisotopic (exact) mass is 366 g/mol. The van der Waals surface area contributed by atoms with Crippen LogP contribution in [0.4, 0.5) is 5.69 Å². The predicted octanol–water partition coefficient (Wildman–Crippen LogP) is 3.01. The molecule has 2 amide bonds. The number of primary amides is 1. The summed E-state index contributed by atoms with van der Waals surface area (Å²) in [5, 5.41) is 3.01. The summed E-state index contributed by atoms with van der Waals surface area (Å²) in [4.78, 5) is 24.5. The number of anilines is 1. The molecule has 6 nitrogen and oxygen atoms in total. The average Bonchev–Trinajstić information content (AvgIpc) is 3.19. The molecule has 4 rings (SSSR count). The lowest BCUT2D eigenvalue weighted by atomic mass is 9.77. The molecule has 1 saturated carbocycles. The molecule has 2 aromatic rings. The number of ether oxygens (including phenoxy) is 2. The van der Waals surface area contributed by atoms with Gasteiger partial charge < -0.3 is 20.5 Å². The lowest BCUT2D eigenvalue weighted by Crippen LogP contribution is -2.38. The van der Waals surface area contributed by atoms with Gasteiger partial charge in [-0.05, 0) is 54.8 Å². The van der Waals surface area contributed by atoms with Crippen molar-refractivity contribution in [1.82, 2.24) is 0 Å². The highest BCUT2D eigenvalue weighted by molar-refractivity contribution is 6.00. The highest BCUT2D eigenvalue weighted by Gasteiger charge is 2.43. The molecule has 0 aromatic heterocycles. The van der Waals surface area contributed by atoms with Crippen LogP contribution in [-0.2, 0) is 10.2 Å². The maximum absolute atomic E-state index is 13.2. The first-order valence-electron chi connectivity index (χ1n) is 9.20. The molecule has 140 valence electrons. The van der Waals surface area contributed by atoms with Gasteiger partial charge >= 0.3 is 0 Å². The Balaban J connectivity index is 1.61. The fourth-order valence-electron chi connectivity index (χ4n) is 3.93. The van der Waals surface area contributed by atoms with E-state index >= 15 is 0 Å². The van der Waals surface area contributed by atoms with Crippen molar-refractivity contribution in [2.45, 2.75) is 31.1 Å². The van der Waals surface area contributed by atoms with Crippen molar-refractivity contribution in [2.75, 3.05) is 18.5 Å². The molecule has 6 heteroatoms. The van der Waals surface area contributed by atoms with E-state index in [0.29, 0.717) is 30.2 Å². The molecule has 0 unspecified atom stereocenters. The number of fused-ring (bicyclic) bond motifs is 1. The van der Waals surface area contributed by atoms with Crippen LogP contribution >= 0.6 is 0 Å². The second-order valence-corrected chi connectivity index (χ2v) is 7.04. The summed E-state index contributed by atoms with van der Waals surface area (Å²) < 4.78 is 11.3. The van der Waals surface area contributed by atoms with E-state index in [4.69, 9.17) is 15.2 Å². The van der Waals surface area contributed by atoms with Crippen molar-refractivity contribution in [1.29, 1.82) is 0 Å². The van der Waals surface area contributed by atoms with Crippen molar-refractivity contribution >= 4 is 17.5 Å². The van der Waals surface area contributed by atoms with Gasteiger partial charge in [-0.25, -0.2) is 0 Å². The van der Waals surface area contributed by atoms with Crippen LogP contribution in [0.2, 0.25) is 0 Å². The van der Waals surface area contributed by atoms with Crippen LogP contribution in [0.25, 0.3) is 0 Å². The summed E-state index contributed by atoms with van der Waals surface area (Å²) in [5.41, 5.74) is 6.70. The summed E-state index contributed by atoms with van der Waals surface area (Å²) in [6, 6.07) is 12.4. The molecule has 1 heterocycles. The number of carbonyl (C=O) groups excluding carboxylic acids is 2. The molecule has 1 aliphatic heterocycles. The Kier molecular flexibility index (Phi) is 4.48. The van der Waals surface area contributed by atoms with Crippen molar-refractivity contribution in [3.05, 3.63) is 53.6 Å². The third kappa shape index (κ3) is 3.23. The Bertz CT molecular complexity index is 870. The minimum atomic E-state index is -0.585. The first-order valence-corrected chi connectivity index (χ1v) is 9.20. The molecular weight excluding hydrogens is 344 g/mol. The normalized spacial score (nSPS) is 17.3. The lowest BCUT2D eigenvalue weighted by Gasteiger charge is -2.30. The first-order chi connectivity index (χ1) is 13.1. The molecule has 0 radical (unpaired) electrons. The number of nitrogens with two attached hydrogens (primary N) is 1. The Morgan fingerprint density at radius 3 is 2.26 bits per heavy atom. The number of hydrogen-bond donors (Lipinski definition) is 2. The zero-order valence-electron chi connectivity index (χ0n) is 15.0. The second kappa shape index (κ2) is 6.95. The van der Waals surface area contributed by atoms with Crippen LogP contribution in [0.3, 0.4) is 0 Å². The van der Waals surface area contributed by atoms with E-state index in [2.05, 4.69) is 5.32 Å². The van der Waals surface area contributed by atoms with Crippen LogP contribution in [0.5, 0.6) is 11.5 Å². The van der Waals surface area contributed by atoms with Crippen LogP contribution < -0.4 is 20.5 Å². The molecule has 0 atom stereocenters. The molecule has 0 bridgehead atoms. The quantitative estimate of drug-likeness (QED) is 0.870. The average molecular weight is 366 g/mol. The highest BCUT2D eigenvalue weighted by Crippen LogP contribution is 2.45. The summed E-state index contributed by atoms with van der Waals surface area (Å²) in [6.07, 6.45) is 3.58. The van der Waals surface area contributed by atoms with Gasteiger partial charge in [-0.2, -0.15) is 0 Å². The number of benzene rings is 2. The number of hydrogen-bond acceptors (Lipinski definition) is 4. The van der Waals surface area contributed by atoms with Gasteiger partial charge in [0, 0.05) is 11.3 Å². The van der Waals surface area contributed by atoms with Gasteiger partial charge in [0.15, 0.2) is 11.5 Å². The topological polar surface area (TPSA) is 90.7 Å². The molecule has 1 fully saturated rings. The van der Waals surface area contributed by atoms with E-state index < -0.39 is 11.3 Å². The van der Waals surface area contributed by atoms with E-state index in [-0.39, 0.29) is 5.91 Å². The summed E-state index contributed by atoms with van der Waals surface area (Å²) in [7, 11) is 0. The van der Waals surface area contributed by atoms with Gasteiger partial charge in [0.2, 0.25) is 11.8 Å². The van der Waals surface area contributed by atoms with Crippen molar-refractivity contribution < 1.29 is 19.1 Å². The molecule has 3 N–H and O–H groups in total. The van der Waals surface area contributed by atoms with Gasteiger partial charge in [0.25, 0.3) is 0 Å². The first kappa shape index (κ1) is 17.4. The Labute approximate surface area is 157 Å². The van der Waals surface area contributed by atoms with Crippen LogP contribution in [-0.4, -0.2) is 25.0 Å². The van der Waals surface area contributed by atoms with Gasteiger partial charge in [-0.3, -0.25) is 9.59 Å². The van der Waals surface area contributed by atoms with Crippen LogP contribution in [0.15, 0.2) is 42.5 Å².